The molecule has 8 aromatic rings. The Balaban J connectivity index is 0.000000155. The average Bonchev–Trinajstić information content (AvgIpc) is 1.61. The average molecular weight is 1500 g/mol. The molecule has 14 rings (SSSR count). The number of fused-ring (bicyclic) bond motifs is 7. The van der Waals surface area contributed by atoms with Crippen LogP contribution in [0.25, 0.3) is 22.1 Å². The van der Waals surface area contributed by atoms with Crippen molar-refractivity contribution in [2.45, 2.75) is 102 Å². The number of hydrogen-bond acceptors (Lipinski definition) is 18. The smallest absolute Gasteiger partial charge is 0.415 e. The van der Waals surface area contributed by atoms with Crippen molar-refractivity contribution >= 4 is 116 Å². The molecule has 0 spiro atoms. The van der Waals surface area contributed by atoms with Gasteiger partial charge in [0, 0.05) is 39.3 Å². The number of carboxylic acid groups (broad SMARTS) is 1. The number of nitrogens with two attached hydrogens (primary N) is 2. The number of rotatable bonds is 9. The van der Waals surface area contributed by atoms with E-state index in [0.717, 1.165) is 28.1 Å². The van der Waals surface area contributed by atoms with E-state index >= 15 is 0 Å². The molecule has 2 aromatic heterocycles. The summed E-state index contributed by atoms with van der Waals surface area (Å²) in [5, 5.41) is 44.2. The number of likely N-dealkylation sites (tertiary alicyclic amines) is 3. The third kappa shape index (κ3) is 16.9. The van der Waals surface area contributed by atoms with Gasteiger partial charge in [0.15, 0.2) is 35.6 Å². The molecule has 6 aliphatic rings. The molecule has 6 aliphatic heterocycles. The lowest BCUT2D eigenvalue weighted by Crippen LogP contribution is -2.55. The van der Waals surface area contributed by atoms with E-state index in [1.807, 2.05) is 0 Å². The summed E-state index contributed by atoms with van der Waals surface area (Å²) < 4.78 is 63.4. The largest absolute Gasteiger partial charge is 0.483 e. The SMILES string of the molecule is CC(C)(C)OC(=O)N1CC(C(=O)N2CCC(C#N)(Cc3ccc(F)cc3)CC2)Oc2c1cc(Cl)c(N)c2N.N#CC1(Cc2ccc(F)cc2)CCN(C(=O)C2CNc3cc(Cl)c4nc[nH]c4c3O2)CC1.N#CC1(Cc2ccc(F)cc2)CCN(C(=O)C2CNc3cc(Cl)c4nc[nH]c4c3O2)CC1.O=CO. The van der Waals surface area contributed by atoms with Crippen LogP contribution in [0, 0.1) is 67.7 Å². The van der Waals surface area contributed by atoms with Gasteiger partial charge >= 0.3 is 6.09 Å². The summed E-state index contributed by atoms with van der Waals surface area (Å²) in [7, 11) is 0. The quantitative estimate of drug-likeness (QED) is 0.0521. The summed E-state index contributed by atoms with van der Waals surface area (Å²) in [6.45, 7) is 8.04. The molecular formula is C74H75Cl3F3N15O10. The fraction of sp³-hybridized carbons (Fsp3) is 0.378. The molecule has 3 atom stereocenters. The van der Waals surface area contributed by atoms with Gasteiger partial charge in [0.2, 0.25) is 0 Å². The van der Waals surface area contributed by atoms with Crippen LogP contribution in [0.15, 0.2) is 104 Å². The molecule has 25 nitrogen and oxygen atoms in total. The number of ether oxygens (including phenoxy) is 4. The van der Waals surface area contributed by atoms with E-state index in [1.165, 1.54) is 47.4 Å². The maximum Gasteiger partial charge on any atom is 0.415 e. The first-order chi connectivity index (χ1) is 50.2. The highest BCUT2D eigenvalue weighted by atomic mass is 35.5. The highest BCUT2D eigenvalue weighted by Gasteiger charge is 2.45. The first-order valence-corrected chi connectivity index (χ1v) is 34.9. The summed E-state index contributed by atoms with van der Waals surface area (Å²) in [4.78, 5) is 82.3. The minimum Gasteiger partial charge on any atom is -0.483 e. The third-order valence-corrected chi connectivity index (χ3v) is 20.4. The van der Waals surface area contributed by atoms with E-state index in [1.54, 1.807) is 96.7 Å². The van der Waals surface area contributed by atoms with Gasteiger partial charge in [0.1, 0.15) is 50.8 Å². The number of piperidine rings is 3. The van der Waals surface area contributed by atoms with Crippen molar-refractivity contribution < 1.29 is 61.2 Å². The highest BCUT2D eigenvalue weighted by molar-refractivity contribution is 6.36. The number of hydrogen-bond donors (Lipinski definition) is 7. The Labute approximate surface area is 617 Å². The molecule has 6 aromatic carbocycles. The van der Waals surface area contributed by atoms with Crippen molar-refractivity contribution in [2.24, 2.45) is 16.2 Å². The number of carbonyl (C=O) groups is 5. The number of anilines is 5. The van der Waals surface area contributed by atoms with Gasteiger partial charge in [0.05, 0.1) is 105 Å². The maximum atomic E-state index is 13.6. The topological polar surface area (TPSA) is 360 Å². The molecule has 0 radical (unpaired) electrons. The zero-order valence-corrected chi connectivity index (χ0v) is 59.7. The Kier molecular flexibility index (Phi) is 22.7. The summed E-state index contributed by atoms with van der Waals surface area (Å²) in [5.41, 5.74) is 16.6. The fourth-order valence-electron chi connectivity index (χ4n) is 13.7. The molecule has 548 valence electrons. The molecule has 0 bridgehead atoms. The number of carbonyl (C=O) groups excluding carboxylic acids is 4. The molecule has 3 fully saturated rings. The first kappa shape index (κ1) is 75.3. The fourth-order valence-corrected chi connectivity index (χ4v) is 14.4. The molecular weight excluding hydrogens is 1420 g/mol. The number of nitrogen functional groups attached to an aromatic ring is 2. The van der Waals surface area contributed by atoms with Gasteiger partial charge in [-0.25, -0.2) is 27.9 Å². The Bertz CT molecular complexity index is 4500. The highest BCUT2D eigenvalue weighted by Crippen LogP contribution is 2.48. The minimum atomic E-state index is -1.07. The standard InChI is InChI=1S/C27H31ClFN5O4.2C23H21ClFN5O2.CH2O2/c1-26(2,3)38-25(36)34-14-20(37-23-19(34)12-18(28)21(31)22(23)32)24(35)33-10-8-27(15-30,9-11-33)13-16-4-6-17(29)7-5-16;2*24-16-9-17-21(20-19(16)28-13-29-20)32-18(11-27-17)22(31)30-7-5-23(12-26,6-8-30)10-14-1-3-15(25)4-2-14;2-1-3/h4-7,12,20H,8-11,13-14,31-32H2,1-3H3;2*1-4,9,13,18,27H,5-8,10-11H2,(H,28,29);1H,(H,2,3). The number of aromatic nitrogens is 4. The molecule has 8 heterocycles. The van der Waals surface area contributed by atoms with E-state index in [-0.39, 0.29) is 76.0 Å². The first-order valence-electron chi connectivity index (χ1n) is 33.8. The number of amides is 4. The van der Waals surface area contributed by atoms with Gasteiger partial charge in [-0.15, -0.1) is 0 Å². The van der Waals surface area contributed by atoms with Crippen LogP contribution in [0.4, 0.5) is 46.4 Å². The van der Waals surface area contributed by atoms with Crippen LogP contribution in [0.1, 0.15) is 76.0 Å². The molecule has 0 aliphatic carbocycles. The monoisotopic (exact) mass is 1500 g/mol. The van der Waals surface area contributed by atoms with Crippen molar-refractivity contribution in [3.8, 4) is 35.5 Å². The Morgan fingerprint density at radius 2 is 0.924 bits per heavy atom. The lowest BCUT2D eigenvalue weighted by atomic mass is 9.75. The second kappa shape index (κ2) is 31.6. The van der Waals surface area contributed by atoms with E-state index in [2.05, 4.69) is 48.8 Å². The Morgan fingerprint density at radius 3 is 1.27 bits per heavy atom. The summed E-state index contributed by atoms with van der Waals surface area (Å²) in [5.74, 6) is -0.336. The third-order valence-electron chi connectivity index (χ3n) is 19.5. The van der Waals surface area contributed by atoms with Gasteiger partial charge < -0.3 is 70.8 Å². The van der Waals surface area contributed by atoms with Crippen molar-refractivity contribution in [1.82, 2.24) is 34.6 Å². The van der Waals surface area contributed by atoms with Gasteiger partial charge in [-0.2, -0.15) is 15.8 Å². The zero-order chi connectivity index (χ0) is 75.1. The van der Waals surface area contributed by atoms with E-state index in [0.29, 0.717) is 154 Å². The predicted octanol–water partition coefficient (Wildman–Crippen LogP) is 12.0. The minimum absolute atomic E-state index is 0.0278. The number of nitriles is 3. The second-order valence-corrected chi connectivity index (χ2v) is 28.8. The van der Waals surface area contributed by atoms with Crippen molar-refractivity contribution in [1.29, 1.82) is 15.8 Å². The number of aromatic amines is 2. The van der Waals surface area contributed by atoms with E-state index < -0.39 is 46.3 Å². The summed E-state index contributed by atoms with van der Waals surface area (Å²) in [6.07, 6.45) is 4.64. The predicted molar refractivity (Wildman–Crippen MR) is 387 cm³/mol. The lowest BCUT2D eigenvalue weighted by Gasteiger charge is -2.41. The van der Waals surface area contributed by atoms with Crippen LogP contribution in [0.3, 0.4) is 0 Å². The van der Waals surface area contributed by atoms with Crippen LogP contribution in [-0.2, 0) is 43.2 Å². The van der Waals surface area contributed by atoms with Crippen molar-refractivity contribution in [3.63, 3.8) is 0 Å². The number of benzene rings is 6. The van der Waals surface area contributed by atoms with Gasteiger partial charge in [-0.3, -0.25) is 24.1 Å². The van der Waals surface area contributed by atoms with Crippen LogP contribution < -0.4 is 41.2 Å². The Hall–Kier alpha value is -10.9. The maximum absolute atomic E-state index is 13.6. The number of nitrogens with zero attached hydrogens (tertiary/aromatic N) is 9. The number of imidazole rings is 2. The molecule has 9 N–H and O–H groups in total. The second-order valence-electron chi connectivity index (χ2n) is 27.6. The van der Waals surface area contributed by atoms with Crippen LogP contribution in [-0.4, -0.2) is 153 Å². The number of halogens is 6. The van der Waals surface area contributed by atoms with Crippen LogP contribution in [0.5, 0.6) is 17.2 Å². The Morgan fingerprint density at radius 1 is 0.581 bits per heavy atom. The molecule has 105 heavy (non-hydrogen) atoms. The number of H-pyrrole nitrogens is 2. The molecule has 0 saturated carbocycles. The summed E-state index contributed by atoms with van der Waals surface area (Å²) in [6, 6.07) is 30.9. The van der Waals surface area contributed by atoms with Crippen molar-refractivity contribution in [3.05, 3.63) is 153 Å². The van der Waals surface area contributed by atoms with Gasteiger partial charge in [-0.05, 0) is 150 Å². The lowest BCUT2D eigenvalue weighted by molar-refractivity contribution is -0.141. The molecule has 4 amide bonds. The number of nitrogens with one attached hydrogen (secondary N) is 4. The van der Waals surface area contributed by atoms with Gasteiger partial charge in [-0.1, -0.05) is 71.2 Å². The van der Waals surface area contributed by atoms with E-state index in [4.69, 9.17) is 75.1 Å². The zero-order valence-electron chi connectivity index (χ0n) is 57.4. The summed E-state index contributed by atoms with van der Waals surface area (Å²) >= 11 is 18.7. The van der Waals surface area contributed by atoms with Crippen molar-refractivity contribution in [2.75, 3.05) is 85.9 Å². The van der Waals surface area contributed by atoms with E-state index in [9.17, 15) is 48.1 Å². The van der Waals surface area contributed by atoms with Crippen LogP contribution in [0.2, 0.25) is 15.1 Å². The molecule has 3 unspecified atom stereocenters. The van der Waals surface area contributed by atoms with Gasteiger partial charge in [0.25, 0.3) is 24.2 Å². The van der Waals surface area contributed by atoms with Crippen LogP contribution >= 0.6 is 34.8 Å². The molecule has 3 saturated heterocycles. The normalized spacial score (nSPS) is 18.8. The molecule has 31 heteroatoms.